The normalized spacial score (nSPS) is 15.6. The molecule has 0 aliphatic carbocycles. The van der Waals surface area contributed by atoms with Crippen molar-refractivity contribution in [3.8, 4) is 0 Å². The molecule has 4 aromatic rings. The van der Waals surface area contributed by atoms with Crippen LogP contribution in [0.15, 0.2) is 70.1 Å². The second-order valence-corrected chi connectivity index (χ2v) is 5.64. The Morgan fingerprint density at radius 1 is 1.04 bits per heavy atom. The summed E-state index contributed by atoms with van der Waals surface area (Å²) < 4.78 is 7.26. The third-order valence-electron chi connectivity index (χ3n) is 4.29. The highest BCUT2D eigenvalue weighted by atomic mass is 16.4. The molecule has 0 saturated carbocycles. The molecule has 0 radical (unpaired) electrons. The third kappa shape index (κ3) is 1.73. The van der Waals surface area contributed by atoms with E-state index < -0.39 is 0 Å². The van der Waals surface area contributed by atoms with Gasteiger partial charge in [0, 0.05) is 5.39 Å². The van der Waals surface area contributed by atoms with E-state index in [0.29, 0.717) is 17.1 Å². The molecule has 3 heterocycles. The first-order chi connectivity index (χ1) is 11.8. The van der Waals surface area contributed by atoms with Crippen LogP contribution in [0.25, 0.3) is 11.0 Å². The van der Waals surface area contributed by atoms with Crippen molar-refractivity contribution in [2.75, 3.05) is 5.32 Å². The van der Waals surface area contributed by atoms with Crippen LogP contribution in [0.3, 0.4) is 0 Å². The van der Waals surface area contributed by atoms with Crippen molar-refractivity contribution in [2.24, 2.45) is 0 Å². The standard InChI is InChI=1S/C18H12N4O2/c23-17-14-15(12-8-4-5-9-13(12)24-17)21-18-19-10-20-22(18)16(14)11-6-2-1-3-7-11/h1-10,16H,(H,19,20,21). The summed E-state index contributed by atoms with van der Waals surface area (Å²) in [6.07, 6.45) is 1.48. The summed E-state index contributed by atoms with van der Waals surface area (Å²) in [5.41, 5.74) is 2.41. The van der Waals surface area contributed by atoms with Crippen LogP contribution in [0.2, 0.25) is 0 Å². The zero-order valence-electron chi connectivity index (χ0n) is 12.5. The molecule has 2 aromatic carbocycles. The second kappa shape index (κ2) is 4.79. The van der Waals surface area contributed by atoms with Gasteiger partial charge in [-0.25, -0.2) is 9.48 Å². The van der Waals surface area contributed by atoms with Crippen LogP contribution in [0.1, 0.15) is 17.2 Å². The maximum atomic E-state index is 12.7. The van der Waals surface area contributed by atoms with Crippen molar-refractivity contribution in [3.63, 3.8) is 0 Å². The first-order valence-electron chi connectivity index (χ1n) is 7.60. The van der Waals surface area contributed by atoms with Crippen LogP contribution in [-0.4, -0.2) is 14.8 Å². The molecule has 5 rings (SSSR count). The second-order valence-electron chi connectivity index (χ2n) is 5.64. The maximum absolute atomic E-state index is 12.7. The number of rotatable bonds is 1. The van der Waals surface area contributed by atoms with Gasteiger partial charge in [0.15, 0.2) is 0 Å². The summed E-state index contributed by atoms with van der Waals surface area (Å²) in [6, 6.07) is 16.9. The summed E-state index contributed by atoms with van der Waals surface area (Å²) in [4.78, 5) is 17.0. The van der Waals surface area contributed by atoms with E-state index in [1.807, 2.05) is 48.5 Å². The molecule has 0 amide bonds. The monoisotopic (exact) mass is 316 g/mol. The number of para-hydroxylation sites is 1. The lowest BCUT2D eigenvalue weighted by Crippen LogP contribution is -2.28. The Morgan fingerprint density at radius 2 is 1.83 bits per heavy atom. The van der Waals surface area contributed by atoms with Crippen molar-refractivity contribution >= 4 is 22.6 Å². The summed E-state index contributed by atoms with van der Waals surface area (Å²) >= 11 is 0. The van der Waals surface area contributed by atoms with Crippen molar-refractivity contribution < 1.29 is 4.42 Å². The fourth-order valence-corrected chi connectivity index (χ4v) is 3.25. The zero-order valence-corrected chi connectivity index (χ0v) is 12.5. The van der Waals surface area contributed by atoms with E-state index >= 15 is 0 Å². The van der Waals surface area contributed by atoms with Gasteiger partial charge in [0.2, 0.25) is 5.95 Å². The van der Waals surface area contributed by atoms with Crippen molar-refractivity contribution in [1.82, 2.24) is 14.8 Å². The first-order valence-corrected chi connectivity index (χ1v) is 7.60. The number of nitrogens with one attached hydrogen (secondary N) is 1. The third-order valence-corrected chi connectivity index (χ3v) is 4.29. The average molecular weight is 316 g/mol. The smallest absolute Gasteiger partial charge is 0.344 e. The Morgan fingerprint density at radius 3 is 2.71 bits per heavy atom. The van der Waals surface area contributed by atoms with Gasteiger partial charge in [0.25, 0.3) is 0 Å². The number of fused-ring (bicyclic) bond motifs is 4. The predicted octanol–water partition coefficient (Wildman–Crippen LogP) is 3.08. The highest BCUT2D eigenvalue weighted by molar-refractivity contribution is 5.94. The number of aromatic nitrogens is 3. The summed E-state index contributed by atoms with van der Waals surface area (Å²) in [6.45, 7) is 0. The summed E-state index contributed by atoms with van der Waals surface area (Å²) in [7, 11) is 0. The zero-order chi connectivity index (χ0) is 16.1. The van der Waals surface area contributed by atoms with Crippen molar-refractivity contribution in [2.45, 2.75) is 6.04 Å². The van der Waals surface area contributed by atoms with Gasteiger partial charge >= 0.3 is 5.63 Å². The van der Waals surface area contributed by atoms with Gasteiger partial charge in [-0.1, -0.05) is 42.5 Å². The Hall–Kier alpha value is -3.41. The largest absolute Gasteiger partial charge is 0.422 e. The molecule has 0 bridgehead atoms. The number of hydrogen-bond acceptors (Lipinski definition) is 5. The highest BCUT2D eigenvalue weighted by Gasteiger charge is 2.32. The first kappa shape index (κ1) is 13.1. The van der Waals surface area contributed by atoms with Crippen LogP contribution >= 0.6 is 0 Å². The van der Waals surface area contributed by atoms with Gasteiger partial charge in [-0.05, 0) is 17.7 Å². The van der Waals surface area contributed by atoms with E-state index in [4.69, 9.17) is 4.42 Å². The number of anilines is 2. The van der Waals surface area contributed by atoms with Crippen LogP contribution in [0, 0.1) is 0 Å². The van der Waals surface area contributed by atoms with E-state index in [1.54, 1.807) is 10.7 Å². The Bertz CT molecular complexity index is 1110. The van der Waals surface area contributed by atoms with Gasteiger partial charge < -0.3 is 9.73 Å². The van der Waals surface area contributed by atoms with Crippen molar-refractivity contribution in [1.29, 1.82) is 0 Å². The molecule has 116 valence electrons. The van der Waals surface area contributed by atoms with E-state index in [9.17, 15) is 4.79 Å². The Balaban J connectivity index is 1.89. The molecule has 1 atom stereocenters. The molecule has 0 fully saturated rings. The molecule has 6 heteroatoms. The van der Waals surface area contributed by atoms with E-state index in [-0.39, 0.29) is 11.7 Å². The van der Waals surface area contributed by atoms with E-state index in [1.165, 1.54) is 6.33 Å². The van der Waals surface area contributed by atoms with Crippen LogP contribution in [-0.2, 0) is 0 Å². The summed E-state index contributed by atoms with van der Waals surface area (Å²) in [5.74, 6) is 0.604. The quantitative estimate of drug-likeness (QED) is 0.481. The molecule has 0 spiro atoms. The molecule has 1 aliphatic rings. The van der Waals surface area contributed by atoms with E-state index in [2.05, 4.69) is 15.4 Å². The fourth-order valence-electron chi connectivity index (χ4n) is 3.25. The minimum absolute atomic E-state index is 0.369. The lowest BCUT2D eigenvalue weighted by Gasteiger charge is -2.27. The van der Waals surface area contributed by atoms with E-state index in [0.717, 1.165) is 16.6 Å². The number of nitrogens with zero attached hydrogens (tertiary/aromatic N) is 3. The average Bonchev–Trinajstić information content (AvgIpc) is 3.09. The minimum atomic E-state index is -0.374. The molecular formula is C18H12N4O2. The Kier molecular flexibility index (Phi) is 2.61. The lowest BCUT2D eigenvalue weighted by atomic mass is 9.96. The lowest BCUT2D eigenvalue weighted by molar-refractivity contribution is 0.516. The topological polar surface area (TPSA) is 73.0 Å². The van der Waals surface area contributed by atoms with Gasteiger partial charge in [-0.2, -0.15) is 10.1 Å². The van der Waals surface area contributed by atoms with Crippen molar-refractivity contribution in [3.05, 3.63) is 82.5 Å². The van der Waals surface area contributed by atoms with Gasteiger partial charge in [0.1, 0.15) is 18.0 Å². The SMILES string of the molecule is O=c1oc2ccccc2c2c1C(c1ccccc1)n1ncnc1N2. The van der Waals surface area contributed by atoms with Gasteiger partial charge in [-0.3, -0.25) is 0 Å². The van der Waals surface area contributed by atoms with Gasteiger partial charge in [0.05, 0.1) is 11.3 Å². The maximum Gasteiger partial charge on any atom is 0.344 e. The van der Waals surface area contributed by atoms with Crippen LogP contribution < -0.4 is 10.9 Å². The fraction of sp³-hybridized carbons (Fsp3) is 0.0556. The molecule has 2 aromatic heterocycles. The molecule has 1 unspecified atom stereocenters. The van der Waals surface area contributed by atoms with Gasteiger partial charge in [-0.15, -0.1) is 0 Å². The molecule has 1 N–H and O–H groups in total. The molecule has 0 saturated heterocycles. The molecular weight excluding hydrogens is 304 g/mol. The molecule has 6 nitrogen and oxygen atoms in total. The minimum Gasteiger partial charge on any atom is -0.422 e. The predicted molar refractivity (Wildman–Crippen MR) is 89.5 cm³/mol. The number of hydrogen-bond donors (Lipinski definition) is 1. The molecule has 1 aliphatic heterocycles. The molecule has 24 heavy (non-hydrogen) atoms. The highest BCUT2D eigenvalue weighted by Crippen LogP contribution is 2.39. The number of benzene rings is 2. The van der Waals surface area contributed by atoms with Crippen LogP contribution in [0.4, 0.5) is 11.6 Å². The Labute approximate surface area is 136 Å². The van der Waals surface area contributed by atoms with Crippen LogP contribution in [0.5, 0.6) is 0 Å². The summed E-state index contributed by atoms with van der Waals surface area (Å²) in [5, 5.41) is 8.38.